The fraction of sp³-hybridized carbons (Fsp3) is 0.188. The quantitative estimate of drug-likeness (QED) is 0.754. The van der Waals surface area contributed by atoms with Gasteiger partial charge < -0.3 is 13.7 Å². The molecule has 0 saturated carbocycles. The fourth-order valence-electron chi connectivity index (χ4n) is 1.83. The summed E-state index contributed by atoms with van der Waals surface area (Å²) in [5, 5.41) is 0. The summed E-state index contributed by atoms with van der Waals surface area (Å²) in [5.74, 6) is 0.000629. The number of ether oxygens (including phenoxy) is 2. The van der Waals surface area contributed by atoms with Gasteiger partial charge in [-0.05, 0) is 29.8 Å². The third-order valence-electron chi connectivity index (χ3n) is 2.89. The average Bonchev–Trinajstić information content (AvgIpc) is 2.52. The van der Waals surface area contributed by atoms with Gasteiger partial charge in [0, 0.05) is 0 Å². The molecule has 0 aromatic heterocycles. The van der Waals surface area contributed by atoms with E-state index in [0.717, 1.165) is 17.6 Å². The maximum absolute atomic E-state index is 11.9. The van der Waals surface area contributed by atoms with E-state index in [2.05, 4.69) is 4.18 Å². The average molecular weight is 336 g/mol. The van der Waals surface area contributed by atoms with Crippen LogP contribution in [0.4, 0.5) is 0 Å². The van der Waals surface area contributed by atoms with Crippen molar-refractivity contribution >= 4 is 16.1 Å². The lowest BCUT2D eigenvalue weighted by Gasteiger charge is -2.10. The molecule has 122 valence electrons. The Bertz CT molecular complexity index is 780. The third-order valence-corrected chi connectivity index (χ3v) is 3.34. The Morgan fingerprint density at radius 1 is 1.04 bits per heavy atom. The van der Waals surface area contributed by atoms with Crippen LogP contribution in [0.3, 0.4) is 0 Å². The third kappa shape index (κ3) is 5.00. The van der Waals surface area contributed by atoms with Gasteiger partial charge >= 0.3 is 16.1 Å². The maximum Gasteiger partial charge on any atom is 0.357 e. The largest absolute Gasteiger partial charge is 0.497 e. The van der Waals surface area contributed by atoms with Crippen molar-refractivity contribution in [2.75, 3.05) is 13.4 Å². The highest BCUT2D eigenvalue weighted by Crippen LogP contribution is 2.21. The summed E-state index contributed by atoms with van der Waals surface area (Å²) in [6.07, 6.45) is 0.811. The number of benzene rings is 2. The van der Waals surface area contributed by atoms with Gasteiger partial charge in [0.05, 0.1) is 13.4 Å². The van der Waals surface area contributed by atoms with Crippen molar-refractivity contribution in [1.29, 1.82) is 0 Å². The Hall–Kier alpha value is -2.54. The number of carbonyl (C=O) groups is 1. The molecule has 0 radical (unpaired) electrons. The van der Waals surface area contributed by atoms with Crippen LogP contribution in [0.1, 0.15) is 15.9 Å². The summed E-state index contributed by atoms with van der Waals surface area (Å²) in [7, 11) is -2.30. The van der Waals surface area contributed by atoms with Crippen molar-refractivity contribution in [2.45, 2.75) is 6.61 Å². The van der Waals surface area contributed by atoms with Crippen molar-refractivity contribution in [3.8, 4) is 11.5 Å². The molecule has 0 saturated heterocycles. The zero-order chi connectivity index (χ0) is 16.9. The predicted molar refractivity (Wildman–Crippen MR) is 84.0 cm³/mol. The second kappa shape index (κ2) is 7.15. The molecular formula is C16H16O6S. The minimum absolute atomic E-state index is 0.0476. The summed E-state index contributed by atoms with van der Waals surface area (Å²) < 4.78 is 37.2. The van der Waals surface area contributed by atoms with Gasteiger partial charge in [-0.2, -0.15) is 8.42 Å². The Morgan fingerprint density at radius 3 is 2.30 bits per heavy atom. The van der Waals surface area contributed by atoms with Crippen LogP contribution in [0.25, 0.3) is 0 Å². The molecule has 2 rings (SSSR count). The van der Waals surface area contributed by atoms with Crippen LogP contribution in [0, 0.1) is 0 Å². The number of rotatable bonds is 6. The van der Waals surface area contributed by atoms with Crippen molar-refractivity contribution in [2.24, 2.45) is 0 Å². The predicted octanol–water partition coefficient (Wildman–Crippen LogP) is 2.39. The van der Waals surface area contributed by atoms with E-state index < -0.39 is 16.1 Å². The molecule has 0 fully saturated rings. The highest BCUT2D eigenvalue weighted by molar-refractivity contribution is 7.86. The lowest BCUT2D eigenvalue weighted by molar-refractivity contribution is 0.0743. The summed E-state index contributed by atoms with van der Waals surface area (Å²) >= 11 is 0. The minimum atomic E-state index is -3.88. The topological polar surface area (TPSA) is 78.9 Å². The Labute approximate surface area is 134 Å². The van der Waals surface area contributed by atoms with Crippen LogP contribution in [-0.2, 0) is 20.9 Å². The van der Waals surface area contributed by atoms with E-state index in [9.17, 15) is 13.2 Å². The lowest BCUT2D eigenvalue weighted by Crippen LogP contribution is -2.13. The molecule has 0 N–H and O–H groups in total. The number of para-hydroxylation sites is 1. The van der Waals surface area contributed by atoms with Gasteiger partial charge in [0.2, 0.25) is 0 Å². The molecule has 7 heteroatoms. The molecule has 2 aromatic carbocycles. The first-order chi connectivity index (χ1) is 10.9. The Morgan fingerprint density at radius 2 is 1.70 bits per heavy atom. The van der Waals surface area contributed by atoms with E-state index in [-0.39, 0.29) is 17.9 Å². The van der Waals surface area contributed by atoms with Crippen molar-refractivity contribution < 1.29 is 26.9 Å². The summed E-state index contributed by atoms with van der Waals surface area (Å²) in [5.41, 5.74) is 0.920. The zero-order valence-corrected chi connectivity index (χ0v) is 13.5. The SMILES string of the molecule is COc1ccc(COc2ccccc2C(=O)OS(C)(=O)=O)cc1. The van der Waals surface area contributed by atoms with Gasteiger partial charge in [-0.3, -0.25) is 0 Å². The second-order valence-corrected chi connectivity index (χ2v) is 6.28. The van der Waals surface area contributed by atoms with Crippen LogP contribution in [0.15, 0.2) is 48.5 Å². The molecule has 0 spiro atoms. The van der Waals surface area contributed by atoms with E-state index in [1.165, 1.54) is 6.07 Å². The van der Waals surface area contributed by atoms with E-state index >= 15 is 0 Å². The number of carbonyl (C=O) groups excluding carboxylic acids is 1. The Kier molecular flexibility index (Phi) is 5.23. The standard InChI is InChI=1S/C16H16O6S/c1-20-13-9-7-12(8-10-13)11-21-15-6-4-3-5-14(15)16(17)22-23(2,18)19/h3-10H,11H2,1-2H3. The summed E-state index contributed by atoms with van der Waals surface area (Å²) in [4.78, 5) is 11.9. The first kappa shape index (κ1) is 16.8. The van der Waals surface area contributed by atoms with Gasteiger partial charge in [0.25, 0.3) is 0 Å². The van der Waals surface area contributed by atoms with Crippen molar-refractivity contribution in [1.82, 2.24) is 0 Å². The molecule has 0 aliphatic carbocycles. The zero-order valence-electron chi connectivity index (χ0n) is 12.7. The lowest BCUT2D eigenvalue weighted by atomic mass is 10.2. The smallest absolute Gasteiger partial charge is 0.357 e. The molecule has 0 unspecified atom stereocenters. The van der Waals surface area contributed by atoms with E-state index in [1.807, 2.05) is 12.1 Å². The maximum atomic E-state index is 11.9. The molecule has 2 aromatic rings. The highest BCUT2D eigenvalue weighted by atomic mass is 32.2. The van der Waals surface area contributed by atoms with Gasteiger partial charge in [-0.1, -0.05) is 24.3 Å². The molecule has 0 heterocycles. The van der Waals surface area contributed by atoms with Crippen molar-refractivity contribution in [3.05, 3.63) is 59.7 Å². The molecule has 0 bridgehead atoms. The van der Waals surface area contributed by atoms with Gasteiger partial charge in [0.1, 0.15) is 23.7 Å². The highest BCUT2D eigenvalue weighted by Gasteiger charge is 2.18. The Balaban J connectivity index is 2.12. The monoisotopic (exact) mass is 336 g/mol. The summed E-state index contributed by atoms with van der Waals surface area (Å²) in [6.45, 7) is 0.215. The van der Waals surface area contributed by atoms with Gasteiger partial charge in [-0.25, -0.2) is 4.79 Å². The number of hydrogen-bond acceptors (Lipinski definition) is 6. The fourth-order valence-corrected chi connectivity index (χ4v) is 2.19. The van der Waals surface area contributed by atoms with Gasteiger partial charge in [-0.15, -0.1) is 0 Å². The molecule has 0 aliphatic heterocycles. The molecule has 0 atom stereocenters. The first-order valence-electron chi connectivity index (χ1n) is 6.67. The van der Waals surface area contributed by atoms with Crippen LogP contribution in [0.5, 0.6) is 11.5 Å². The van der Waals surface area contributed by atoms with E-state index in [4.69, 9.17) is 9.47 Å². The number of methoxy groups -OCH3 is 1. The molecule has 0 amide bonds. The van der Waals surface area contributed by atoms with Crippen LogP contribution in [-0.4, -0.2) is 27.8 Å². The molecule has 23 heavy (non-hydrogen) atoms. The first-order valence-corrected chi connectivity index (χ1v) is 8.49. The molecule has 6 nitrogen and oxygen atoms in total. The number of hydrogen-bond donors (Lipinski definition) is 0. The van der Waals surface area contributed by atoms with E-state index in [0.29, 0.717) is 0 Å². The van der Waals surface area contributed by atoms with Crippen molar-refractivity contribution in [3.63, 3.8) is 0 Å². The minimum Gasteiger partial charge on any atom is -0.497 e. The normalized spacial score (nSPS) is 10.9. The van der Waals surface area contributed by atoms with Crippen LogP contribution >= 0.6 is 0 Å². The van der Waals surface area contributed by atoms with E-state index in [1.54, 1.807) is 37.4 Å². The summed E-state index contributed by atoms with van der Waals surface area (Å²) in [6, 6.07) is 13.5. The molecule has 0 aliphatic rings. The van der Waals surface area contributed by atoms with Crippen LogP contribution < -0.4 is 9.47 Å². The molecular weight excluding hydrogens is 320 g/mol. The second-order valence-electron chi connectivity index (χ2n) is 4.71. The van der Waals surface area contributed by atoms with Crippen LogP contribution in [0.2, 0.25) is 0 Å². The van der Waals surface area contributed by atoms with Gasteiger partial charge in [0.15, 0.2) is 0 Å².